The number of nitrogens with zero attached hydrogens (tertiary/aromatic N) is 1. The first-order valence-corrected chi connectivity index (χ1v) is 7.22. The molecule has 0 atom stereocenters. The van der Waals surface area contributed by atoms with Crippen molar-refractivity contribution < 1.29 is 18.4 Å². The molecule has 7 heteroatoms. The van der Waals surface area contributed by atoms with Gasteiger partial charge in [-0.2, -0.15) is 0 Å². The van der Waals surface area contributed by atoms with Crippen LogP contribution in [0, 0.1) is 0 Å². The topological polar surface area (TPSA) is 102 Å². The van der Waals surface area contributed by atoms with Gasteiger partial charge in [0.25, 0.3) is 0 Å². The molecule has 0 saturated heterocycles. The molecule has 100 valence electrons. The van der Waals surface area contributed by atoms with Crippen LogP contribution in [-0.4, -0.2) is 37.6 Å². The van der Waals surface area contributed by atoms with Crippen LogP contribution in [0.5, 0.6) is 5.75 Å². The summed E-state index contributed by atoms with van der Waals surface area (Å²) >= 11 is 0. The molecule has 0 radical (unpaired) electrons. The Hall–Kier alpha value is -1.76. The number of benzene rings is 1. The number of amidine groups is 1. The standard InChI is InChI=1S/C11H16N2O4S/c1-2-18(15,16)7-6-17-10-5-3-4-9(8-10)11(12)13-14/h3-5,8,14H,2,6-7H2,1H3,(H2,12,13). The Kier molecular flexibility index (Phi) is 4.96. The highest BCUT2D eigenvalue weighted by molar-refractivity contribution is 7.91. The first kappa shape index (κ1) is 14.3. The fourth-order valence-electron chi connectivity index (χ4n) is 1.23. The SMILES string of the molecule is CCS(=O)(=O)CCOc1cccc(/C(N)=N/O)c1. The molecule has 0 fully saturated rings. The van der Waals surface area contributed by atoms with Gasteiger partial charge < -0.3 is 15.7 Å². The highest BCUT2D eigenvalue weighted by Gasteiger charge is 2.07. The molecule has 0 aliphatic heterocycles. The van der Waals surface area contributed by atoms with Gasteiger partial charge >= 0.3 is 0 Å². The van der Waals surface area contributed by atoms with Crippen LogP contribution in [0.25, 0.3) is 0 Å². The normalized spacial score (nSPS) is 12.4. The van der Waals surface area contributed by atoms with Crippen LogP contribution >= 0.6 is 0 Å². The first-order valence-electron chi connectivity index (χ1n) is 5.39. The third kappa shape index (κ3) is 4.25. The maximum Gasteiger partial charge on any atom is 0.170 e. The molecule has 3 N–H and O–H groups in total. The van der Waals surface area contributed by atoms with Gasteiger partial charge in [-0.1, -0.05) is 24.2 Å². The van der Waals surface area contributed by atoms with Crippen molar-refractivity contribution in [1.82, 2.24) is 0 Å². The van der Waals surface area contributed by atoms with Crippen LogP contribution < -0.4 is 10.5 Å². The van der Waals surface area contributed by atoms with Crippen molar-refractivity contribution in [1.29, 1.82) is 0 Å². The second-order valence-electron chi connectivity index (χ2n) is 3.60. The molecule has 0 aromatic heterocycles. The maximum atomic E-state index is 11.3. The van der Waals surface area contributed by atoms with Crippen LogP contribution in [0.3, 0.4) is 0 Å². The summed E-state index contributed by atoms with van der Waals surface area (Å²) in [4.78, 5) is 0. The Balaban J connectivity index is 2.64. The van der Waals surface area contributed by atoms with E-state index in [0.717, 1.165) is 0 Å². The lowest BCUT2D eigenvalue weighted by Crippen LogP contribution is -2.16. The molecule has 1 aromatic carbocycles. The van der Waals surface area contributed by atoms with Gasteiger partial charge in [0.15, 0.2) is 15.7 Å². The summed E-state index contributed by atoms with van der Waals surface area (Å²) in [5, 5.41) is 11.4. The van der Waals surface area contributed by atoms with Crippen molar-refractivity contribution >= 4 is 15.7 Å². The van der Waals surface area contributed by atoms with Crippen molar-refractivity contribution in [2.75, 3.05) is 18.1 Å². The number of rotatable bonds is 6. The maximum absolute atomic E-state index is 11.3. The van der Waals surface area contributed by atoms with Crippen LogP contribution in [-0.2, 0) is 9.84 Å². The van der Waals surface area contributed by atoms with E-state index >= 15 is 0 Å². The van der Waals surface area contributed by atoms with E-state index in [9.17, 15) is 8.42 Å². The average molecular weight is 272 g/mol. The zero-order chi connectivity index (χ0) is 13.6. The van der Waals surface area contributed by atoms with Gasteiger partial charge in [-0.05, 0) is 12.1 Å². The highest BCUT2D eigenvalue weighted by Crippen LogP contribution is 2.13. The molecule has 0 bridgehead atoms. The van der Waals surface area contributed by atoms with Gasteiger partial charge in [0, 0.05) is 11.3 Å². The van der Waals surface area contributed by atoms with Gasteiger partial charge in [0.2, 0.25) is 0 Å². The molecule has 18 heavy (non-hydrogen) atoms. The van der Waals surface area contributed by atoms with E-state index in [0.29, 0.717) is 11.3 Å². The van der Waals surface area contributed by atoms with E-state index in [1.807, 2.05) is 0 Å². The van der Waals surface area contributed by atoms with E-state index in [1.165, 1.54) is 0 Å². The molecule has 0 saturated carbocycles. The monoisotopic (exact) mass is 272 g/mol. The third-order valence-electron chi connectivity index (χ3n) is 2.34. The zero-order valence-corrected chi connectivity index (χ0v) is 10.9. The fraction of sp³-hybridized carbons (Fsp3) is 0.364. The first-order chi connectivity index (χ1) is 8.48. The van der Waals surface area contributed by atoms with E-state index in [4.69, 9.17) is 15.7 Å². The number of ether oxygens (including phenoxy) is 1. The number of sulfone groups is 1. The Labute approximate surface area is 106 Å². The summed E-state index contributed by atoms with van der Waals surface area (Å²) in [6.07, 6.45) is 0. The summed E-state index contributed by atoms with van der Waals surface area (Å²) in [6.45, 7) is 1.67. The molecular weight excluding hydrogens is 256 g/mol. The van der Waals surface area contributed by atoms with E-state index < -0.39 is 9.84 Å². The predicted octanol–water partition coefficient (Wildman–Crippen LogP) is 0.595. The van der Waals surface area contributed by atoms with Gasteiger partial charge in [-0.15, -0.1) is 0 Å². The summed E-state index contributed by atoms with van der Waals surface area (Å²) in [5.74, 6) is 0.518. The Morgan fingerprint density at radius 2 is 2.22 bits per heavy atom. The molecule has 0 unspecified atom stereocenters. The number of hydrogen-bond acceptors (Lipinski definition) is 5. The minimum absolute atomic E-state index is 0.0263. The predicted molar refractivity (Wildman–Crippen MR) is 68.8 cm³/mol. The minimum atomic E-state index is -3.03. The largest absolute Gasteiger partial charge is 0.493 e. The lowest BCUT2D eigenvalue weighted by molar-refractivity contribution is 0.318. The van der Waals surface area contributed by atoms with E-state index in [1.54, 1.807) is 31.2 Å². The van der Waals surface area contributed by atoms with Crippen LogP contribution in [0.15, 0.2) is 29.4 Å². The zero-order valence-electron chi connectivity index (χ0n) is 10.0. The Bertz CT molecular complexity index is 526. The number of oxime groups is 1. The lowest BCUT2D eigenvalue weighted by Gasteiger charge is -2.07. The highest BCUT2D eigenvalue weighted by atomic mass is 32.2. The second-order valence-corrected chi connectivity index (χ2v) is 6.07. The fourth-order valence-corrected chi connectivity index (χ4v) is 1.86. The number of hydrogen-bond donors (Lipinski definition) is 2. The minimum Gasteiger partial charge on any atom is -0.493 e. The van der Waals surface area contributed by atoms with Crippen molar-refractivity contribution in [2.24, 2.45) is 10.9 Å². The molecule has 0 aliphatic carbocycles. The summed E-state index contributed by atoms with van der Waals surface area (Å²) in [7, 11) is -3.03. The molecule has 1 rings (SSSR count). The molecule has 0 amide bonds. The van der Waals surface area contributed by atoms with Gasteiger partial charge in [-0.25, -0.2) is 8.42 Å². The molecule has 0 heterocycles. The summed E-state index contributed by atoms with van der Waals surface area (Å²) in [5.41, 5.74) is 5.94. The van der Waals surface area contributed by atoms with Gasteiger partial charge in [0.1, 0.15) is 12.4 Å². The van der Waals surface area contributed by atoms with Crippen LogP contribution in [0.2, 0.25) is 0 Å². The molecule has 1 aromatic rings. The third-order valence-corrected chi connectivity index (χ3v) is 4.01. The van der Waals surface area contributed by atoms with Crippen molar-refractivity contribution in [3.63, 3.8) is 0 Å². The van der Waals surface area contributed by atoms with Crippen molar-refractivity contribution in [3.05, 3.63) is 29.8 Å². The molecule has 0 aliphatic rings. The summed E-state index contributed by atoms with van der Waals surface area (Å²) in [6, 6.07) is 6.59. The quantitative estimate of drug-likeness (QED) is 0.341. The molecular formula is C11H16N2O4S. The van der Waals surface area contributed by atoms with Crippen molar-refractivity contribution in [2.45, 2.75) is 6.92 Å². The Morgan fingerprint density at radius 3 is 2.83 bits per heavy atom. The molecule has 0 spiro atoms. The number of nitrogens with two attached hydrogens (primary N) is 1. The van der Waals surface area contributed by atoms with Gasteiger partial charge in [-0.3, -0.25) is 0 Å². The van der Waals surface area contributed by atoms with Gasteiger partial charge in [0.05, 0.1) is 5.75 Å². The van der Waals surface area contributed by atoms with E-state index in [-0.39, 0.29) is 23.9 Å². The summed E-state index contributed by atoms with van der Waals surface area (Å²) < 4.78 is 27.8. The van der Waals surface area contributed by atoms with Crippen LogP contribution in [0.4, 0.5) is 0 Å². The van der Waals surface area contributed by atoms with Crippen LogP contribution in [0.1, 0.15) is 12.5 Å². The smallest absolute Gasteiger partial charge is 0.170 e. The Morgan fingerprint density at radius 1 is 1.50 bits per heavy atom. The molecule has 6 nitrogen and oxygen atoms in total. The second kappa shape index (κ2) is 6.25. The lowest BCUT2D eigenvalue weighted by atomic mass is 10.2. The van der Waals surface area contributed by atoms with Crippen molar-refractivity contribution in [3.8, 4) is 5.75 Å². The van der Waals surface area contributed by atoms with E-state index in [2.05, 4.69) is 5.16 Å². The average Bonchev–Trinajstić information content (AvgIpc) is 2.38.